The first-order valence-corrected chi connectivity index (χ1v) is 5.22. The van der Waals surface area contributed by atoms with Crippen molar-refractivity contribution in [2.75, 3.05) is 20.7 Å². The maximum Gasteiger partial charge on any atom is 0.311 e. The molecule has 0 saturated carbocycles. The summed E-state index contributed by atoms with van der Waals surface area (Å²) >= 11 is 0. The van der Waals surface area contributed by atoms with E-state index in [1.165, 1.54) is 19.2 Å². The summed E-state index contributed by atoms with van der Waals surface area (Å²) in [5.74, 6) is 0.749. The lowest BCUT2D eigenvalue weighted by molar-refractivity contribution is -0.385. The van der Waals surface area contributed by atoms with E-state index in [4.69, 9.17) is 9.47 Å². The second kappa shape index (κ2) is 6.05. The zero-order valence-corrected chi connectivity index (χ0v) is 10.1. The third kappa shape index (κ3) is 3.60. The van der Waals surface area contributed by atoms with Gasteiger partial charge < -0.3 is 14.8 Å². The van der Waals surface area contributed by atoms with Crippen LogP contribution in [0.15, 0.2) is 18.2 Å². The monoisotopic (exact) mass is 240 g/mol. The average Bonchev–Trinajstić information content (AvgIpc) is 2.28. The minimum atomic E-state index is -0.486. The number of nitrogens with one attached hydrogen (secondary N) is 1. The first kappa shape index (κ1) is 13.2. The number of nitro groups is 1. The third-order valence-electron chi connectivity index (χ3n) is 2.18. The van der Waals surface area contributed by atoms with Crippen molar-refractivity contribution in [2.24, 2.45) is 0 Å². The quantitative estimate of drug-likeness (QED) is 0.603. The molecule has 1 atom stereocenters. The normalized spacial score (nSPS) is 11.9. The van der Waals surface area contributed by atoms with Gasteiger partial charge in [0.1, 0.15) is 11.9 Å². The number of benzene rings is 1. The van der Waals surface area contributed by atoms with E-state index < -0.39 is 4.92 Å². The predicted octanol–water partition coefficient (Wildman–Crippen LogP) is 1.59. The van der Waals surface area contributed by atoms with Crippen molar-refractivity contribution in [3.8, 4) is 11.5 Å². The molecule has 1 aromatic rings. The summed E-state index contributed by atoms with van der Waals surface area (Å²) in [5.41, 5.74) is -0.0684. The van der Waals surface area contributed by atoms with Gasteiger partial charge in [0.05, 0.1) is 12.0 Å². The number of likely N-dealkylation sites (N-methyl/N-ethyl adjacent to an activating group) is 1. The molecular formula is C11H16N2O4. The number of rotatable bonds is 6. The molecule has 0 fully saturated rings. The van der Waals surface area contributed by atoms with Gasteiger partial charge >= 0.3 is 5.69 Å². The van der Waals surface area contributed by atoms with Crippen LogP contribution in [0.4, 0.5) is 5.69 Å². The van der Waals surface area contributed by atoms with E-state index in [1.54, 1.807) is 6.07 Å². The van der Waals surface area contributed by atoms with Crippen molar-refractivity contribution in [3.05, 3.63) is 28.3 Å². The van der Waals surface area contributed by atoms with E-state index in [2.05, 4.69) is 5.32 Å². The highest BCUT2D eigenvalue weighted by Crippen LogP contribution is 2.31. The van der Waals surface area contributed by atoms with Gasteiger partial charge in [-0.15, -0.1) is 0 Å². The molecule has 0 amide bonds. The Morgan fingerprint density at radius 2 is 2.24 bits per heavy atom. The molecule has 1 N–H and O–H groups in total. The van der Waals surface area contributed by atoms with Crippen molar-refractivity contribution in [3.63, 3.8) is 0 Å². The Labute approximate surface area is 99.7 Å². The van der Waals surface area contributed by atoms with Crippen LogP contribution >= 0.6 is 0 Å². The number of hydrogen-bond acceptors (Lipinski definition) is 5. The van der Waals surface area contributed by atoms with Crippen LogP contribution in [0.2, 0.25) is 0 Å². The summed E-state index contributed by atoms with van der Waals surface area (Å²) < 4.78 is 10.5. The van der Waals surface area contributed by atoms with E-state index in [9.17, 15) is 10.1 Å². The van der Waals surface area contributed by atoms with Gasteiger partial charge in [0.2, 0.25) is 5.75 Å². The van der Waals surface area contributed by atoms with Gasteiger partial charge in [-0.3, -0.25) is 10.1 Å². The van der Waals surface area contributed by atoms with E-state index in [0.29, 0.717) is 12.3 Å². The zero-order valence-electron chi connectivity index (χ0n) is 10.1. The number of nitro benzene ring substituents is 1. The maximum atomic E-state index is 10.7. The first-order valence-electron chi connectivity index (χ1n) is 5.22. The second-order valence-electron chi connectivity index (χ2n) is 3.58. The Bertz CT molecular complexity index is 395. The Hall–Kier alpha value is -1.82. The van der Waals surface area contributed by atoms with Gasteiger partial charge in [0.15, 0.2) is 0 Å². The molecule has 0 aliphatic heterocycles. The van der Waals surface area contributed by atoms with Crippen LogP contribution in [-0.2, 0) is 0 Å². The fourth-order valence-electron chi connectivity index (χ4n) is 1.44. The Balaban J connectivity index is 2.86. The SMILES string of the molecule is CNCC(C)Oc1ccc([N+](=O)[O-])c(OC)c1. The van der Waals surface area contributed by atoms with Gasteiger partial charge in [-0.2, -0.15) is 0 Å². The van der Waals surface area contributed by atoms with Gasteiger partial charge in [0.25, 0.3) is 0 Å². The van der Waals surface area contributed by atoms with Gasteiger partial charge in [0, 0.05) is 18.7 Å². The molecule has 6 heteroatoms. The standard InChI is InChI=1S/C11H16N2O4/c1-8(7-12-2)17-9-4-5-10(13(14)15)11(6-9)16-3/h4-6,8,12H,7H2,1-3H3. The average molecular weight is 240 g/mol. The first-order chi connectivity index (χ1) is 8.08. The van der Waals surface area contributed by atoms with Gasteiger partial charge in [-0.05, 0) is 20.0 Å². The molecule has 0 aromatic heterocycles. The minimum absolute atomic E-state index is 0.0221. The van der Waals surface area contributed by atoms with Crippen molar-refractivity contribution in [1.82, 2.24) is 5.32 Å². The van der Waals surface area contributed by atoms with Crippen LogP contribution in [0.1, 0.15) is 6.92 Å². The summed E-state index contributed by atoms with van der Waals surface area (Å²) in [6.45, 7) is 2.60. The van der Waals surface area contributed by atoms with Crippen molar-refractivity contribution in [2.45, 2.75) is 13.0 Å². The molecular weight excluding hydrogens is 224 g/mol. The van der Waals surface area contributed by atoms with Crippen molar-refractivity contribution in [1.29, 1.82) is 0 Å². The van der Waals surface area contributed by atoms with E-state index >= 15 is 0 Å². The highest BCUT2D eigenvalue weighted by molar-refractivity contribution is 5.50. The highest BCUT2D eigenvalue weighted by Gasteiger charge is 2.15. The lowest BCUT2D eigenvalue weighted by Crippen LogP contribution is -2.25. The highest BCUT2D eigenvalue weighted by atomic mass is 16.6. The molecule has 17 heavy (non-hydrogen) atoms. The molecule has 6 nitrogen and oxygen atoms in total. The topological polar surface area (TPSA) is 73.6 Å². The lowest BCUT2D eigenvalue weighted by Gasteiger charge is -2.14. The molecule has 0 spiro atoms. The van der Waals surface area contributed by atoms with Gasteiger partial charge in [-0.25, -0.2) is 0 Å². The van der Waals surface area contributed by atoms with E-state index in [-0.39, 0.29) is 17.5 Å². The third-order valence-corrected chi connectivity index (χ3v) is 2.18. The minimum Gasteiger partial charge on any atom is -0.490 e. The Kier molecular flexibility index (Phi) is 4.71. The Morgan fingerprint density at radius 3 is 2.76 bits per heavy atom. The summed E-state index contributed by atoms with van der Waals surface area (Å²) in [5, 5.41) is 13.7. The van der Waals surface area contributed by atoms with Crippen molar-refractivity contribution >= 4 is 5.69 Å². The largest absolute Gasteiger partial charge is 0.490 e. The lowest BCUT2D eigenvalue weighted by atomic mass is 10.2. The molecule has 0 bridgehead atoms. The Morgan fingerprint density at radius 1 is 1.53 bits per heavy atom. The number of methoxy groups -OCH3 is 1. The zero-order chi connectivity index (χ0) is 12.8. The molecule has 0 radical (unpaired) electrons. The number of hydrogen-bond donors (Lipinski definition) is 1. The second-order valence-corrected chi connectivity index (χ2v) is 3.58. The number of ether oxygens (including phenoxy) is 2. The fraction of sp³-hybridized carbons (Fsp3) is 0.455. The van der Waals surface area contributed by atoms with Crippen LogP contribution < -0.4 is 14.8 Å². The molecule has 1 aromatic carbocycles. The fourth-order valence-corrected chi connectivity index (χ4v) is 1.44. The van der Waals surface area contributed by atoms with E-state index in [1.807, 2.05) is 14.0 Å². The van der Waals surface area contributed by atoms with Crippen LogP contribution in [0, 0.1) is 10.1 Å². The van der Waals surface area contributed by atoms with Crippen molar-refractivity contribution < 1.29 is 14.4 Å². The molecule has 0 heterocycles. The maximum absolute atomic E-state index is 10.7. The molecule has 1 rings (SSSR count). The summed E-state index contributed by atoms with van der Waals surface area (Å²) in [6, 6.07) is 4.46. The summed E-state index contributed by atoms with van der Waals surface area (Å²) in [7, 11) is 3.22. The van der Waals surface area contributed by atoms with Crippen LogP contribution in [0.3, 0.4) is 0 Å². The smallest absolute Gasteiger partial charge is 0.311 e. The van der Waals surface area contributed by atoms with Crippen LogP contribution in [-0.4, -0.2) is 31.7 Å². The predicted molar refractivity (Wildman–Crippen MR) is 63.7 cm³/mol. The molecule has 0 saturated heterocycles. The summed E-state index contributed by atoms with van der Waals surface area (Å²) in [6.07, 6.45) is -0.0221. The van der Waals surface area contributed by atoms with E-state index in [0.717, 1.165) is 0 Å². The molecule has 0 aliphatic carbocycles. The van der Waals surface area contributed by atoms with Crippen LogP contribution in [0.25, 0.3) is 0 Å². The molecule has 0 aliphatic rings. The van der Waals surface area contributed by atoms with Crippen LogP contribution in [0.5, 0.6) is 11.5 Å². The summed E-state index contributed by atoms with van der Waals surface area (Å²) in [4.78, 5) is 10.2. The molecule has 1 unspecified atom stereocenters. The number of nitrogens with zero attached hydrogens (tertiary/aromatic N) is 1. The molecule has 94 valence electrons. The van der Waals surface area contributed by atoms with Gasteiger partial charge in [-0.1, -0.05) is 0 Å².